The summed E-state index contributed by atoms with van der Waals surface area (Å²) >= 11 is 18.5. The van der Waals surface area contributed by atoms with Crippen molar-refractivity contribution < 1.29 is 18.0 Å². The molecule has 3 rings (SSSR count). The molecule has 0 spiro atoms. The van der Waals surface area contributed by atoms with E-state index in [1.54, 1.807) is 56.3 Å². The van der Waals surface area contributed by atoms with Crippen molar-refractivity contribution in [1.82, 2.24) is 10.2 Å². The van der Waals surface area contributed by atoms with Crippen LogP contribution in [0.1, 0.15) is 38.3 Å². The van der Waals surface area contributed by atoms with Crippen molar-refractivity contribution >= 4 is 62.3 Å². The van der Waals surface area contributed by atoms with Crippen molar-refractivity contribution in [3.05, 3.63) is 92.9 Å². The first-order chi connectivity index (χ1) is 18.8. The Morgan fingerprint density at radius 2 is 1.55 bits per heavy atom. The second-order valence-corrected chi connectivity index (χ2v) is 12.7. The monoisotopic (exact) mass is 623 g/mol. The van der Waals surface area contributed by atoms with Gasteiger partial charge in [-0.05, 0) is 80.8 Å². The van der Waals surface area contributed by atoms with Gasteiger partial charge in [0.2, 0.25) is 11.8 Å². The van der Waals surface area contributed by atoms with E-state index in [1.807, 2.05) is 13.8 Å². The van der Waals surface area contributed by atoms with Gasteiger partial charge in [0, 0.05) is 27.7 Å². The first-order valence-corrected chi connectivity index (χ1v) is 15.3. The minimum atomic E-state index is -4.20. The summed E-state index contributed by atoms with van der Waals surface area (Å²) in [7, 11) is -4.20. The van der Waals surface area contributed by atoms with Crippen molar-refractivity contribution in [2.75, 3.05) is 10.8 Å². The maximum Gasteiger partial charge on any atom is 0.264 e. The molecule has 11 heteroatoms. The number of carbonyl (C=O) groups is 2. The van der Waals surface area contributed by atoms with Crippen LogP contribution in [0.25, 0.3) is 0 Å². The number of nitrogens with one attached hydrogen (secondary N) is 1. The van der Waals surface area contributed by atoms with Crippen LogP contribution in [-0.2, 0) is 26.2 Å². The smallest absolute Gasteiger partial charge is 0.264 e. The molecular weight excluding hydrogens is 593 g/mol. The molecular formula is C29H32Cl3N3O4S. The third kappa shape index (κ3) is 7.69. The van der Waals surface area contributed by atoms with E-state index in [4.69, 9.17) is 34.8 Å². The van der Waals surface area contributed by atoms with Crippen molar-refractivity contribution in [2.45, 2.75) is 57.6 Å². The number of nitrogens with zero attached hydrogens (tertiary/aromatic N) is 2. The third-order valence-electron chi connectivity index (χ3n) is 6.24. The van der Waals surface area contributed by atoms with E-state index in [1.165, 1.54) is 29.2 Å². The topological polar surface area (TPSA) is 86.8 Å². The number of hydrogen-bond acceptors (Lipinski definition) is 4. The van der Waals surface area contributed by atoms with Gasteiger partial charge in [-0.3, -0.25) is 13.9 Å². The Balaban J connectivity index is 2.10. The molecule has 1 atom stereocenters. The molecule has 0 aliphatic carbocycles. The van der Waals surface area contributed by atoms with E-state index in [2.05, 4.69) is 5.32 Å². The molecule has 3 aromatic carbocycles. The number of carbonyl (C=O) groups excluding carboxylic acids is 2. The Morgan fingerprint density at radius 1 is 0.925 bits per heavy atom. The average molecular weight is 625 g/mol. The molecule has 0 saturated carbocycles. The number of halogens is 3. The average Bonchev–Trinajstić information content (AvgIpc) is 2.88. The molecule has 0 radical (unpaired) electrons. The van der Waals surface area contributed by atoms with E-state index in [9.17, 15) is 18.0 Å². The van der Waals surface area contributed by atoms with Crippen molar-refractivity contribution in [3.63, 3.8) is 0 Å². The fraction of sp³-hybridized carbons (Fsp3) is 0.310. The second-order valence-electron chi connectivity index (χ2n) is 9.60. The lowest BCUT2D eigenvalue weighted by Crippen LogP contribution is -2.53. The molecule has 1 N–H and O–H groups in total. The number of para-hydroxylation sites is 1. The van der Waals surface area contributed by atoms with Gasteiger partial charge in [-0.15, -0.1) is 0 Å². The van der Waals surface area contributed by atoms with E-state index < -0.39 is 28.5 Å². The number of benzene rings is 3. The number of hydrogen-bond donors (Lipinski definition) is 1. The van der Waals surface area contributed by atoms with Crippen LogP contribution in [0.15, 0.2) is 71.6 Å². The number of sulfonamides is 1. The molecule has 0 saturated heterocycles. The van der Waals surface area contributed by atoms with Gasteiger partial charge in [0.05, 0.1) is 10.6 Å². The van der Waals surface area contributed by atoms with Crippen molar-refractivity contribution in [2.24, 2.45) is 0 Å². The van der Waals surface area contributed by atoms with Crippen molar-refractivity contribution in [1.29, 1.82) is 0 Å². The molecule has 3 aromatic rings. The standard InChI is InChI=1S/C29H32Cl3N3O4S/c1-5-26(29(37)33-19(2)3)34(17-21-10-11-23(31)16-25(21)32)28(36)18-35(27-9-7-6-8-20(27)4)40(38,39)24-14-12-22(30)13-15-24/h6-16,19,26H,5,17-18H2,1-4H3,(H,33,37)/t26-/m1/s1. The molecule has 2 amide bonds. The lowest BCUT2D eigenvalue weighted by Gasteiger charge is -2.34. The SMILES string of the molecule is CC[C@H](C(=O)NC(C)C)N(Cc1ccc(Cl)cc1Cl)C(=O)CN(c1ccccc1C)S(=O)(=O)c1ccc(Cl)cc1. The number of aryl methyl sites for hydroxylation is 1. The summed E-state index contributed by atoms with van der Waals surface area (Å²) < 4.78 is 28.9. The highest BCUT2D eigenvalue weighted by atomic mass is 35.5. The van der Waals surface area contributed by atoms with Gasteiger partial charge in [0.25, 0.3) is 10.0 Å². The van der Waals surface area contributed by atoms with Crippen LogP contribution in [0, 0.1) is 6.92 Å². The van der Waals surface area contributed by atoms with Gasteiger partial charge in [-0.2, -0.15) is 0 Å². The van der Waals surface area contributed by atoms with Gasteiger partial charge in [-0.1, -0.05) is 66.0 Å². The van der Waals surface area contributed by atoms with Crippen LogP contribution >= 0.6 is 34.8 Å². The zero-order valence-electron chi connectivity index (χ0n) is 22.7. The zero-order valence-corrected chi connectivity index (χ0v) is 25.8. The Labute approximate surface area is 251 Å². The molecule has 214 valence electrons. The van der Waals surface area contributed by atoms with Crippen molar-refractivity contribution in [3.8, 4) is 0 Å². The van der Waals surface area contributed by atoms with Gasteiger partial charge < -0.3 is 10.2 Å². The number of anilines is 1. The fourth-order valence-corrected chi connectivity index (χ4v) is 6.30. The minimum Gasteiger partial charge on any atom is -0.352 e. The van der Waals surface area contributed by atoms with Gasteiger partial charge in [0.1, 0.15) is 12.6 Å². The Kier molecular flexibility index (Phi) is 10.9. The normalized spacial score (nSPS) is 12.2. The minimum absolute atomic E-state index is 0.0233. The molecule has 0 aromatic heterocycles. The summed E-state index contributed by atoms with van der Waals surface area (Å²) in [6.07, 6.45) is 0.295. The maximum atomic E-state index is 14.1. The molecule has 7 nitrogen and oxygen atoms in total. The molecule has 0 unspecified atom stereocenters. The molecule has 0 bridgehead atoms. The quantitative estimate of drug-likeness (QED) is 0.265. The summed E-state index contributed by atoms with van der Waals surface area (Å²) in [6.45, 7) is 6.63. The highest BCUT2D eigenvalue weighted by Crippen LogP contribution is 2.29. The highest BCUT2D eigenvalue weighted by Gasteiger charge is 2.34. The molecule has 0 heterocycles. The van der Waals surface area contributed by atoms with Crippen LogP contribution < -0.4 is 9.62 Å². The summed E-state index contributed by atoms with van der Waals surface area (Å²) in [5, 5.41) is 4.00. The Morgan fingerprint density at radius 3 is 2.12 bits per heavy atom. The predicted molar refractivity (Wildman–Crippen MR) is 162 cm³/mol. The lowest BCUT2D eigenvalue weighted by molar-refractivity contribution is -0.140. The van der Waals surface area contributed by atoms with Crippen LogP contribution in [0.5, 0.6) is 0 Å². The van der Waals surface area contributed by atoms with E-state index in [0.29, 0.717) is 38.3 Å². The highest BCUT2D eigenvalue weighted by molar-refractivity contribution is 7.92. The Bertz CT molecular complexity index is 1460. The zero-order chi connectivity index (χ0) is 29.6. The van der Waals surface area contributed by atoms with E-state index in [-0.39, 0.29) is 23.4 Å². The van der Waals surface area contributed by atoms with Crippen LogP contribution in [0.2, 0.25) is 15.1 Å². The maximum absolute atomic E-state index is 14.1. The van der Waals surface area contributed by atoms with E-state index >= 15 is 0 Å². The van der Waals surface area contributed by atoms with Crippen LogP contribution in [-0.4, -0.2) is 43.8 Å². The number of amides is 2. The summed E-state index contributed by atoms with van der Waals surface area (Å²) in [5.74, 6) is -0.920. The number of rotatable bonds is 11. The third-order valence-corrected chi connectivity index (χ3v) is 8.85. The van der Waals surface area contributed by atoms with Crippen LogP contribution in [0.4, 0.5) is 5.69 Å². The molecule has 0 aliphatic rings. The van der Waals surface area contributed by atoms with E-state index in [0.717, 1.165) is 4.31 Å². The first kappa shape index (κ1) is 31.7. The van der Waals surface area contributed by atoms with Gasteiger partial charge in [-0.25, -0.2) is 8.42 Å². The predicted octanol–water partition coefficient (Wildman–Crippen LogP) is 6.48. The van der Waals surface area contributed by atoms with Gasteiger partial charge in [0.15, 0.2) is 0 Å². The first-order valence-electron chi connectivity index (χ1n) is 12.7. The lowest BCUT2D eigenvalue weighted by atomic mass is 10.1. The largest absolute Gasteiger partial charge is 0.352 e. The molecule has 40 heavy (non-hydrogen) atoms. The molecule has 0 aliphatic heterocycles. The summed E-state index contributed by atoms with van der Waals surface area (Å²) in [4.78, 5) is 28.7. The second kappa shape index (κ2) is 13.7. The summed E-state index contributed by atoms with van der Waals surface area (Å²) in [6, 6.07) is 16.5. The summed E-state index contributed by atoms with van der Waals surface area (Å²) in [5.41, 5.74) is 1.57. The Hall–Kier alpha value is -2.78. The molecule has 0 fully saturated rings. The van der Waals surface area contributed by atoms with Gasteiger partial charge >= 0.3 is 0 Å². The van der Waals surface area contributed by atoms with Crippen LogP contribution in [0.3, 0.4) is 0 Å². The fourth-order valence-electron chi connectivity index (χ4n) is 4.22.